The number of rotatable bonds is 4. The van der Waals surface area contributed by atoms with E-state index in [-0.39, 0.29) is 6.61 Å². The Hall–Kier alpha value is -1.22. The van der Waals surface area contributed by atoms with Crippen LogP contribution in [0.1, 0.15) is 5.76 Å². The summed E-state index contributed by atoms with van der Waals surface area (Å²) in [4.78, 5) is 0. The van der Waals surface area contributed by atoms with Crippen LogP contribution in [0.15, 0.2) is 29.2 Å². The number of aliphatic hydroxyl groups is 1. The van der Waals surface area contributed by atoms with E-state index in [4.69, 9.17) is 9.52 Å². The maximum atomic E-state index is 8.63. The smallest absolute Gasteiger partial charge is 0.193 e. The lowest BCUT2D eigenvalue weighted by molar-refractivity contribution is 0.249. The van der Waals surface area contributed by atoms with Gasteiger partial charge in [0.1, 0.15) is 12.4 Å². The van der Waals surface area contributed by atoms with Gasteiger partial charge in [-0.25, -0.2) is 0 Å². The van der Waals surface area contributed by atoms with Gasteiger partial charge in [-0.05, 0) is 6.07 Å². The molecular formula is C8H11NO2. The highest BCUT2D eigenvalue weighted by molar-refractivity contribution is 5.32. The molecule has 0 aliphatic carbocycles. The topological polar surface area (TPSA) is 45.4 Å². The summed E-state index contributed by atoms with van der Waals surface area (Å²) in [6.07, 6.45) is 1.74. The Kier molecular flexibility index (Phi) is 2.74. The van der Waals surface area contributed by atoms with Crippen molar-refractivity contribution >= 4 is 5.88 Å². The first-order valence-electron chi connectivity index (χ1n) is 3.41. The van der Waals surface area contributed by atoms with Crippen LogP contribution in [-0.2, 0) is 6.61 Å². The summed E-state index contributed by atoms with van der Waals surface area (Å²) in [5.74, 6) is 1.23. The fourth-order valence-corrected chi connectivity index (χ4v) is 0.731. The highest BCUT2D eigenvalue weighted by Gasteiger charge is 1.97. The lowest BCUT2D eigenvalue weighted by Gasteiger charge is -1.95. The fraction of sp³-hybridized carbons (Fsp3) is 0.250. The van der Waals surface area contributed by atoms with Crippen molar-refractivity contribution in [2.45, 2.75) is 6.61 Å². The molecule has 60 valence electrons. The summed E-state index contributed by atoms with van der Waals surface area (Å²) >= 11 is 0. The molecule has 0 unspecified atom stereocenters. The maximum Gasteiger partial charge on any atom is 0.193 e. The standard InChI is InChI=1S/C8H11NO2/c1-2-5-9-8-4-3-7(6-10)11-8/h2-4,9-10H,1,5-6H2. The minimum absolute atomic E-state index is 0.0598. The third-order valence-corrected chi connectivity index (χ3v) is 1.24. The van der Waals surface area contributed by atoms with E-state index in [0.29, 0.717) is 18.2 Å². The Labute approximate surface area is 65.3 Å². The number of nitrogens with one attached hydrogen (secondary N) is 1. The predicted octanol–water partition coefficient (Wildman–Crippen LogP) is 1.37. The van der Waals surface area contributed by atoms with E-state index in [1.165, 1.54) is 0 Å². The Morgan fingerprint density at radius 3 is 3.00 bits per heavy atom. The maximum absolute atomic E-state index is 8.63. The summed E-state index contributed by atoms with van der Waals surface area (Å²) in [6, 6.07) is 3.50. The molecule has 0 atom stereocenters. The van der Waals surface area contributed by atoms with E-state index in [0.717, 1.165) is 0 Å². The first-order valence-corrected chi connectivity index (χ1v) is 3.41. The van der Waals surface area contributed by atoms with Gasteiger partial charge in [-0.1, -0.05) is 6.08 Å². The van der Waals surface area contributed by atoms with Crippen LogP contribution in [0.25, 0.3) is 0 Å². The molecule has 3 nitrogen and oxygen atoms in total. The van der Waals surface area contributed by atoms with Crippen molar-refractivity contribution in [2.24, 2.45) is 0 Å². The van der Waals surface area contributed by atoms with Crippen LogP contribution in [0.4, 0.5) is 5.88 Å². The van der Waals surface area contributed by atoms with E-state index in [1.807, 2.05) is 0 Å². The molecule has 3 heteroatoms. The van der Waals surface area contributed by atoms with Crippen molar-refractivity contribution in [1.29, 1.82) is 0 Å². The quantitative estimate of drug-likeness (QED) is 0.642. The van der Waals surface area contributed by atoms with Crippen LogP contribution in [0, 0.1) is 0 Å². The average Bonchev–Trinajstić information content (AvgIpc) is 2.48. The normalized spacial score (nSPS) is 9.55. The zero-order chi connectivity index (χ0) is 8.10. The number of anilines is 1. The molecule has 0 amide bonds. The van der Waals surface area contributed by atoms with Crippen molar-refractivity contribution in [3.8, 4) is 0 Å². The first kappa shape index (κ1) is 7.88. The van der Waals surface area contributed by atoms with Gasteiger partial charge in [-0.2, -0.15) is 0 Å². The van der Waals surface area contributed by atoms with E-state index in [2.05, 4.69) is 11.9 Å². The van der Waals surface area contributed by atoms with E-state index >= 15 is 0 Å². The molecule has 0 radical (unpaired) electrons. The fourth-order valence-electron chi connectivity index (χ4n) is 0.731. The van der Waals surface area contributed by atoms with E-state index in [9.17, 15) is 0 Å². The molecule has 1 aromatic heterocycles. The first-order chi connectivity index (χ1) is 5.36. The minimum Gasteiger partial charge on any atom is -0.443 e. The van der Waals surface area contributed by atoms with Crippen LogP contribution < -0.4 is 5.32 Å². The van der Waals surface area contributed by atoms with Crippen LogP contribution >= 0.6 is 0 Å². The Morgan fingerprint density at radius 2 is 2.45 bits per heavy atom. The van der Waals surface area contributed by atoms with Gasteiger partial charge in [0.15, 0.2) is 5.88 Å². The summed E-state index contributed by atoms with van der Waals surface area (Å²) in [5, 5.41) is 11.6. The van der Waals surface area contributed by atoms with Gasteiger partial charge in [0.2, 0.25) is 0 Å². The molecule has 0 fully saturated rings. The monoisotopic (exact) mass is 153 g/mol. The molecule has 0 aliphatic rings. The molecule has 1 rings (SSSR count). The van der Waals surface area contributed by atoms with Gasteiger partial charge < -0.3 is 14.8 Å². The van der Waals surface area contributed by atoms with Crippen LogP contribution in [0.2, 0.25) is 0 Å². The van der Waals surface area contributed by atoms with Crippen molar-refractivity contribution in [3.05, 3.63) is 30.5 Å². The summed E-state index contributed by atoms with van der Waals surface area (Å²) in [7, 11) is 0. The third-order valence-electron chi connectivity index (χ3n) is 1.24. The number of furan rings is 1. The van der Waals surface area contributed by atoms with Gasteiger partial charge in [-0.3, -0.25) is 0 Å². The molecule has 0 saturated carbocycles. The molecule has 11 heavy (non-hydrogen) atoms. The predicted molar refractivity (Wildman–Crippen MR) is 43.3 cm³/mol. The second-order valence-electron chi connectivity index (χ2n) is 2.09. The largest absolute Gasteiger partial charge is 0.443 e. The summed E-state index contributed by atoms with van der Waals surface area (Å²) < 4.78 is 5.13. The van der Waals surface area contributed by atoms with Crippen molar-refractivity contribution < 1.29 is 9.52 Å². The van der Waals surface area contributed by atoms with Gasteiger partial charge in [0.05, 0.1) is 0 Å². The second-order valence-corrected chi connectivity index (χ2v) is 2.09. The van der Waals surface area contributed by atoms with Gasteiger partial charge in [0, 0.05) is 12.6 Å². The number of aliphatic hydroxyl groups excluding tert-OH is 1. The Morgan fingerprint density at radius 1 is 1.64 bits per heavy atom. The Balaban J connectivity index is 2.50. The lowest BCUT2D eigenvalue weighted by Crippen LogP contribution is -1.95. The molecule has 0 bridgehead atoms. The minimum atomic E-state index is -0.0598. The number of hydrogen-bond acceptors (Lipinski definition) is 3. The molecule has 1 aromatic rings. The molecular weight excluding hydrogens is 142 g/mol. The van der Waals surface area contributed by atoms with E-state index < -0.39 is 0 Å². The SMILES string of the molecule is C=CCNc1ccc(CO)o1. The number of hydrogen-bond donors (Lipinski definition) is 2. The van der Waals surface area contributed by atoms with Crippen LogP contribution in [0.5, 0.6) is 0 Å². The van der Waals surface area contributed by atoms with E-state index in [1.54, 1.807) is 18.2 Å². The van der Waals surface area contributed by atoms with Gasteiger partial charge in [0.25, 0.3) is 0 Å². The van der Waals surface area contributed by atoms with Crippen molar-refractivity contribution in [3.63, 3.8) is 0 Å². The highest BCUT2D eigenvalue weighted by Crippen LogP contribution is 2.12. The highest BCUT2D eigenvalue weighted by atomic mass is 16.4. The molecule has 0 aliphatic heterocycles. The second kappa shape index (κ2) is 3.83. The molecule has 0 spiro atoms. The average molecular weight is 153 g/mol. The van der Waals surface area contributed by atoms with Crippen LogP contribution in [0.3, 0.4) is 0 Å². The molecule has 1 heterocycles. The zero-order valence-electron chi connectivity index (χ0n) is 6.21. The molecule has 0 saturated heterocycles. The van der Waals surface area contributed by atoms with Crippen LogP contribution in [-0.4, -0.2) is 11.7 Å². The third kappa shape index (κ3) is 2.13. The van der Waals surface area contributed by atoms with Crippen molar-refractivity contribution in [2.75, 3.05) is 11.9 Å². The zero-order valence-corrected chi connectivity index (χ0v) is 6.21. The summed E-state index contributed by atoms with van der Waals surface area (Å²) in [6.45, 7) is 4.15. The molecule has 0 aromatic carbocycles. The van der Waals surface area contributed by atoms with Crippen molar-refractivity contribution in [1.82, 2.24) is 0 Å². The lowest BCUT2D eigenvalue weighted by atomic mass is 10.5. The molecule has 2 N–H and O–H groups in total. The Bertz CT molecular complexity index is 230. The summed E-state index contributed by atoms with van der Waals surface area (Å²) in [5.41, 5.74) is 0. The van der Waals surface area contributed by atoms with Gasteiger partial charge in [-0.15, -0.1) is 6.58 Å². The van der Waals surface area contributed by atoms with Gasteiger partial charge >= 0.3 is 0 Å².